The highest BCUT2D eigenvalue weighted by Crippen LogP contribution is 2.20. The van der Waals surface area contributed by atoms with Crippen LogP contribution < -0.4 is 10.9 Å². The molecule has 0 spiro atoms. The fourth-order valence-electron chi connectivity index (χ4n) is 2.48. The maximum Gasteiger partial charge on any atom is 0.336 e. The van der Waals surface area contributed by atoms with Crippen molar-refractivity contribution in [1.82, 2.24) is 20.2 Å². The van der Waals surface area contributed by atoms with Gasteiger partial charge in [0.2, 0.25) is 11.1 Å². The first-order valence-electron chi connectivity index (χ1n) is 7.99. The molecule has 1 amide bonds. The number of nitrogens with zero attached hydrogens (tertiary/aromatic N) is 4. The summed E-state index contributed by atoms with van der Waals surface area (Å²) in [6.07, 6.45) is 0. The van der Waals surface area contributed by atoms with Crippen LogP contribution >= 0.6 is 11.8 Å². The predicted molar refractivity (Wildman–Crippen MR) is 101 cm³/mol. The zero-order chi connectivity index (χ0) is 18.6. The lowest BCUT2D eigenvalue weighted by atomic mass is 10.2. The maximum atomic E-state index is 12.3. The summed E-state index contributed by atoms with van der Waals surface area (Å²) in [5.41, 5.74) is 1.50. The van der Waals surface area contributed by atoms with Gasteiger partial charge in [0.15, 0.2) is 0 Å². The zero-order valence-electron chi connectivity index (χ0n) is 13.9. The van der Waals surface area contributed by atoms with E-state index in [0.29, 0.717) is 16.4 Å². The molecule has 9 heteroatoms. The quantitative estimate of drug-likeness (QED) is 0.420. The van der Waals surface area contributed by atoms with Gasteiger partial charge in [-0.1, -0.05) is 30.0 Å². The van der Waals surface area contributed by atoms with Crippen molar-refractivity contribution < 1.29 is 9.21 Å². The van der Waals surface area contributed by atoms with Crippen LogP contribution in [0.3, 0.4) is 0 Å². The van der Waals surface area contributed by atoms with Crippen molar-refractivity contribution in [2.45, 2.75) is 5.16 Å². The van der Waals surface area contributed by atoms with Gasteiger partial charge in [-0.15, -0.1) is 5.10 Å². The van der Waals surface area contributed by atoms with Gasteiger partial charge in [0.25, 0.3) is 0 Å². The van der Waals surface area contributed by atoms with E-state index >= 15 is 0 Å². The number of tetrazole rings is 1. The third-order valence-corrected chi connectivity index (χ3v) is 4.60. The number of thioether (sulfide) groups is 1. The van der Waals surface area contributed by atoms with Crippen molar-refractivity contribution in [2.24, 2.45) is 0 Å². The third kappa shape index (κ3) is 3.87. The van der Waals surface area contributed by atoms with Gasteiger partial charge in [0.1, 0.15) is 5.58 Å². The van der Waals surface area contributed by atoms with Gasteiger partial charge < -0.3 is 9.73 Å². The summed E-state index contributed by atoms with van der Waals surface area (Å²) in [6.45, 7) is 0. The first kappa shape index (κ1) is 17.0. The van der Waals surface area contributed by atoms with E-state index in [1.54, 1.807) is 28.9 Å². The van der Waals surface area contributed by atoms with Crippen LogP contribution in [0.5, 0.6) is 0 Å². The normalized spacial score (nSPS) is 10.8. The number of carbonyl (C=O) groups is 1. The summed E-state index contributed by atoms with van der Waals surface area (Å²) in [7, 11) is 0. The molecule has 8 nitrogen and oxygen atoms in total. The van der Waals surface area contributed by atoms with Gasteiger partial charge in [-0.2, -0.15) is 4.68 Å². The molecule has 27 heavy (non-hydrogen) atoms. The Kier molecular flexibility index (Phi) is 4.67. The van der Waals surface area contributed by atoms with E-state index < -0.39 is 5.63 Å². The van der Waals surface area contributed by atoms with Crippen molar-refractivity contribution in [3.8, 4) is 5.69 Å². The number of aromatic nitrogens is 4. The van der Waals surface area contributed by atoms with E-state index in [9.17, 15) is 9.59 Å². The summed E-state index contributed by atoms with van der Waals surface area (Å²) >= 11 is 1.24. The Morgan fingerprint density at radius 3 is 2.81 bits per heavy atom. The van der Waals surface area contributed by atoms with E-state index in [1.807, 2.05) is 30.3 Å². The van der Waals surface area contributed by atoms with Crippen LogP contribution in [0.1, 0.15) is 0 Å². The summed E-state index contributed by atoms with van der Waals surface area (Å²) in [5.74, 6) is -0.0471. The number of hydrogen-bond acceptors (Lipinski definition) is 7. The highest BCUT2D eigenvalue weighted by Gasteiger charge is 2.12. The van der Waals surface area contributed by atoms with Gasteiger partial charge in [0, 0.05) is 17.1 Å². The molecule has 1 N–H and O–H groups in total. The van der Waals surface area contributed by atoms with E-state index in [0.717, 1.165) is 11.1 Å². The predicted octanol–water partition coefficient (Wildman–Crippen LogP) is 2.50. The first-order chi connectivity index (χ1) is 13.2. The summed E-state index contributed by atoms with van der Waals surface area (Å²) in [5, 5.41) is 15.7. The monoisotopic (exact) mass is 379 g/mol. The van der Waals surface area contributed by atoms with Crippen molar-refractivity contribution in [2.75, 3.05) is 11.1 Å². The van der Waals surface area contributed by atoms with Crippen LogP contribution in [0.25, 0.3) is 16.7 Å². The fraction of sp³-hybridized carbons (Fsp3) is 0.0556. The second-order valence-electron chi connectivity index (χ2n) is 5.55. The number of para-hydroxylation sites is 1. The second kappa shape index (κ2) is 7.42. The Morgan fingerprint density at radius 2 is 1.96 bits per heavy atom. The lowest BCUT2D eigenvalue weighted by Crippen LogP contribution is -2.14. The molecule has 0 saturated carbocycles. The van der Waals surface area contributed by atoms with E-state index in [-0.39, 0.29) is 11.7 Å². The van der Waals surface area contributed by atoms with E-state index in [2.05, 4.69) is 20.8 Å². The number of anilines is 1. The number of benzene rings is 2. The number of amides is 1. The van der Waals surface area contributed by atoms with Crippen molar-refractivity contribution >= 4 is 34.3 Å². The van der Waals surface area contributed by atoms with Crippen LogP contribution in [0.15, 0.2) is 75.0 Å². The number of nitrogens with one attached hydrogen (secondary N) is 1. The molecule has 0 radical (unpaired) electrons. The van der Waals surface area contributed by atoms with Crippen molar-refractivity contribution in [1.29, 1.82) is 0 Å². The minimum atomic E-state index is -0.410. The molecule has 134 valence electrons. The Bertz CT molecular complexity index is 1160. The molecule has 0 unspecified atom stereocenters. The zero-order valence-corrected chi connectivity index (χ0v) is 14.7. The molecule has 4 aromatic rings. The Hall–Kier alpha value is -3.46. The topological polar surface area (TPSA) is 103 Å². The molecule has 0 fully saturated rings. The average Bonchev–Trinajstić information content (AvgIpc) is 3.16. The Balaban J connectivity index is 1.43. The number of rotatable bonds is 5. The molecule has 0 atom stereocenters. The van der Waals surface area contributed by atoms with Crippen molar-refractivity contribution in [3.05, 3.63) is 71.1 Å². The maximum absolute atomic E-state index is 12.3. The highest BCUT2D eigenvalue weighted by molar-refractivity contribution is 7.99. The SMILES string of the molecule is O=C(CSc1nnnn1-c1ccccc1)Nc1ccc2oc(=O)ccc2c1. The lowest BCUT2D eigenvalue weighted by molar-refractivity contribution is -0.113. The van der Waals surface area contributed by atoms with Crippen molar-refractivity contribution in [3.63, 3.8) is 0 Å². The molecular weight excluding hydrogens is 366 g/mol. The number of hydrogen-bond donors (Lipinski definition) is 1. The second-order valence-corrected chi connectivity index (χ2v) is 6.50. The smallest absolute Gasteiger partial charge is 0.336 e. The standard InChI is InChI=1S/C18H13N5O3S/c24-16(19-13-7-8-15-12(10-13)6-9-17(25)26-15)11-27-18-20-21-22-23(18)14-4-2-1-3-5-14/h1-10H,11H2,(H,19,24). The molecule has 4 rings (SSSR count). The fourth-order valence-corrected chi connectivity index (χ4v) is 3.17. The lowest BCUT2D eigenvalue weighted by Gasteiger charge is -2.06. The molecule has 0 aliphatic carbocycles. The van der Waals surface area contributed by atoms with Gasteiger partial charge in [-0.3, -0.25) is 4.79 Å². The minimum absolute atomic E-state index is 0.148. The molecule has 2 aromatic carbocycles. The Morgan fingerprint density at radius 1 is 1.11 bits per heavy atom. The van der Waals surface area contributed by atoms with Crippen LogP contribution in [0.2, 0.25) is 0 Å². The molecule has 2 aromatic heterocycles. The molecule has 2 heterocycles. The average molecular weight is 379 g/mol. The highest BCUT2D eigenvalue weighted by atomic mass is 32.2. The van der Waals surface area contributed by atoms with Crippen LogP contribution in [0.4, 0.5) is 5.69 Å². The summed E-state index contributed by atoms with van der Waals surface area (Å²) < 4.78 is 6.66. The number of fused-ring (bicyclic) bond motifs is 1. The minimum Gasteiger partial charge on any atom is -0.423 e. The largest absolute Gasteiger partial charge is 0.423 e. The molecule has 0 aliphatic heterocycles. The van der Waals surface area contributed by atoms with Crippen LogP contribution in [-0.2, 0) is 4.79 Å². The van der Waals surface area contributed by atoms with Crippen LogP contribution in [-0.4, -0.2) is 31.9 Å². The molecule has 0 aliphatic rings. The molecule has 0 saturated heterocycles. The van der Waals surface area contributed by atoms with Gasteiger partial charge in [-0.25, -0.2) is 4.79 Å². The van der Waals surface area contributed by atoms with E-state index in [1.165, 1.54) is 17.8 Å². The molecular formula is C18H13N5O3S. The Labute approximate surface area is 157 Å². The van der Waals surface area contributed by atoms with Gasteiger partial charge in [0.05, 0.1) is 11.4 Å². The van der Waals surface area contributed by atoms with Gasteiger partial charge >= 0.3 is 5.63 Å². The van der Waals surface area contributed by atoms with Gasteiger partial charge in [-0.05, 0) is 46.8 Å². The van der Waals surface area contributed by atoms with E-state index in [4.69, 9.17) is 4.42 Å². The first-order valence-corrected chi connectivity index (χ1v) is 8.98. The summed E-state index contributed by atoms with van der Waals surface area (Å²) in [4.78, 5) is 23.5. The number of carbonyl (C=O) groups excluding carboxylic acids is 1. The van der Waals surface area contributed by atoms with Crippen LogP contribution in [0, 0.1) is 0 Å². The third-order valence-electron chi connectivity index (χ3n) is 3.68. The molecule has 0 bridgehead atoms. The summed E-state index contributed by atoms with van der Waals surface area (Å²) in [6, 6.07) is 17.5.